The molecule has 3 heteroatoms. The van der Waals surface area contributed by atoms with Crippen molar-refractivity contribution in [3.05, 3.63) is 0 Å². The van der Waals surface area contributed by atoms with Crippen LogP contribution in [0.25, 0.3) is 0 Å². The second kappa shape index (κ2) is 6.35. The summed E-state index contributed by atoms with van der Waals surface area (Å²) in [4.78, 5) is 11.1. The minimum atomic E-state index is -0.200. The first-order chi connectivity index (χ1) is 5.57. The van der Waals surface area contributed by atoms with Gasteiger partial charge in [0.25, 0.3) is 0 Å². The Hall–Kier alpha value is -0.180. The van der Waals surface area contributed by atoms with E-state index < -0.39 is 0 Å². The van der Waals surface area contributed by atoms with Gasteiger partial charge in [0.05, 0.1) is 5.25 Å². The minimum Gasteiger partial charge on any atom is -0.353 e. The van der Waals surface area contributed by atoms with Crippen LogP contribution in [0.3, 0.4) is 0 Å². The minimum absolute atomic E-state index is 0.0296. The van der Waals surface area contributed by atoms with Crippen LogP contribution in [0.1, 0.15) is 40.0 Å². The smallest absolute Gasteiger partial charge is 0.232 e. The first kappa shape index (κ1) is 11.8. The maximum Gasteiger partial charge on any atom is 0.232 e. The zero-order valence-electron chi connectivity index (χ0n) is 8.13. The van der Waals surface area contributed by atoms with E-state index in [0.717, 1.165) is 6.42 Å². The molecule has 0 spiro atoms. The van der Waals surface area contributed by atoms with Gasteiger partial charge in [-0.1, -0.05) is 19.8 Å². The van der Waals surface area contributed by atoms with Crippen molar-refractivity contribution in [1.29, 1.82) is 0 Å². The standard InChI is InChI=1S/C9H19NOS/c1-4-5-6-7(2)10-9(11)8(3)12/h7-8,12H,4-6H2,1-3H3,(H,10,11). The van der Waals surface area contributed by atoms with Crippen LogP contribution < -0.4 is 5.32 Å². The van der Waals surface area contributed by atoms with E-state index in [-0.39, 0.29) is 17.2 Å². The predicted octanol–water partition coefficient (Wildman–Crippen LogP) is 2.00. The van der Waals surface area contributed by atoms with Crippen LogP contribution in [0.5, 0.6) is 0 Å². The van der Waals surface area contributed by atoms with Gasteiger partial charge in [-0.2, -0.15) is 12.6 Å². The predicted molar refractivity (Wildman–Crippen MR) is 55.6 cm³/mol. The summed E-state index contributed by atoms with van der Waals surface area (Å²) >= 11 is 4.05. The molecule has 0 saturated carbocycles. The van der Waals surface area contributed by atoms with Crippen molar-refractivity contribution in [3.8, 4) is 0 Å². The van der Waals surface area contributed by atoms with Crippen molar-refractivity contribution >= 4 is 18.5 Å². The molecule has 0 fully saturated rings. The van der Waals surface area contributed by atoms with Crippen LogP contribution in [-0.4, -0.2) is 17.2 Å². The highest BCUT2D eigenvalue weighted by Gasteiger charge is 2.10. The zero-order valence-corrected chi connectivity index (χ0v) is 9.03. The summed E-state index contributed by atoms with van der Waals surface area (Å²) in [5.41, 5.74) is 0. The molecule has 72 valence electrons. The molecular weight excluding hydrogens is 170 g/mol. The van der Waals surface area contributed by atoms with E-state index in [0.29, 0.717) is 0 Å². The van der Waals surface area contributed by atoms with Crippen LogP contribution in [0.4, 0.5) is 0 Å². The van der Waals surface area contributed by atoms with Crippen molar-refractivity contribution in [2.24, 2.45) is 0 Å². The first-order valence-corrected chi connectivity index (χ1v) is 5.08. The van der Waals surface area contributed by atoms with Gasteiger partial charge in [-0.25, -0.2) is 0 Å². The first-order valence-electron chi connectivity index (χ1n) is 4.56. The Morgan fingerprint density at radius 3 is 2.50 bits per heavy atom. The van der Waals surface area contributed by atoms with Crippen molar-refractivity contribution in [2.75, 3.05) is 0 Å². The fourth-order valence-electron chi connectivity index (χ4n) is 0.946. The lowest BCUT2D eigenvalue weighted by molar-refractivity contribution is -0.120. The van der Waals surface area contributed by atoms with E-state index in [1.807, 2.05) is 6.92 Å². The van der Waals surface area contributed by atoms with Gasteiger partial charge in [-0.05, 0) is 20.3 Å². The summed E-state index contributed by atoms with van der Waals surface area (Å²) < 4.78 is 0. The van der Waals surface area contributed by atoms with Gasteiger partial charge in [0.2, 0.25) is 5.91 Å². The third kappa shape index (κ3) is 5.47. The lowest BCUT2D eigenvalue weighted by atomic mass is 10.1. The van der Waals surface area contributed by atoms with Gasteiger partial charge in [0.1, 0.15) is 0 Å². The van der Waals surface area contributed by atoms with E-state index in [4.69, 9.17) is 0 Å². The molecule has 2 atom stereocenters. The molecule has 1 amide bonds. The Morgan fingerprint density at radius 1 is 1.50 bits per heavy atom. The van der Waals surface area contributed by atoms with E-state index in [1.54, 1.807) is 6.92 Å². The third-order valence-corrected chi connectivity index (χ3v) is 1.99. The molecule has 2 nitrogen and oxygen atoms in total. The molecule has 0 radical (unpaired) electrons. The molecule has 0 aromatic heterocycles. The number of unbranched alkanes of at least 4 members (excludes halogenated alkanes) is 1. The summed E-state index contributed by atoms with van der Waals surface area (Å²) in [7, 11) is 0. The molecular formula is C9H19NOS. The molecule has 0 aliphatic rings. The van der Waals surface area contributed by atoms with E-state index in [9.17, 15) is 4.79 Å². The van der Waals surface area contributed by atoms with Crippen molar-refractivity contribution in [3.63, 3.8) is 0 Å². The zero-order chi connectivity index (χ0) is 9.56. The Labute approximate surface area is 80.5 Å². The van der Waals surface area contributed by atoms with Gasteiger partial charge in [0, 0.05) is 6.04 Å². The Kier molecular flexibility index (Phi) is 6.25. The maximum absolute atomic E-state index is 11.1. The second-order valence-corrected chi connectivity index (χ2v) is 4.00. The highest BCUT2D eigenvalue weighted by Crippen LogP contribution is 2.01. The molecule has 2 unspecified atom stereocenters. The highest BCUT2D eigenvalue weighted by atomic mass is 32.1. The summed E-state index contributed by atoms with van der Waals surface area (Å²) in [6.45, 7) is 5.96. The summed E-state index contributed by atoms with van der Waals surface area (Å²) in [5, 5.41) is 2.70. The number of carbonyl (C=O) groups is 1. The SMILES string of the molecule is CCCCC(C)NC(=O)C(C)S. The van der Waals surface area contributed by atoms with Crippen molar-refractivity contribution < 1.29 is 4.79 Å². The number of rotatable bonds is 5. The lowest BCUT2D eigenvalue weighted by Gasteiger charge is -2.14. The number of hydrogen-bond acceptors (Lipinski definition) is 2. The fraction of sp³-hybridized carbons (Fsp3) is 0.889. The fourth-order valence-corrected chi connectivity index (χ4v) is 1.02. The quantitative estimate of drug-likeness (QED) is 0.636. The van der Waals surface area contributed by atoms with Crippen LogP contribution >= 0.6 is 12.6 Å². The number of hydrogen-bond donors (Lipinski definition) is 2. The molecule has 0 saturated heterocycles. The summed E-state index contributed by atoms with van der Waals surface area (Å²) in [6, 6.07) is 0.284. The van der Waals surface area contributed by atoms with E-state index >= 15 is 0 Å². The summed E-state index contributed by atoms with van der Waals surface area (Å²) in [6.07, 6.45) is 3.40. The Morgan fingerprint density at radius 2 is 2.08 bits per heavy atom. The van der Waals surface area contributed by atoms with Crippen molar-refractivity contribution in [1.82, 2.24) is 5.32 Å². The third-order valence-electron chi connectivity index (χ3n) is 1.76. The summed E-state index contributed by atoms with van der Waals surface area (Å²) in [5.74, 6) is 0.0296. The average molecular weight is 189 g/mol. The maximum atomic E-state index is 11.1. The van der Waals surface area contributed by atoms with Crippen molar-refractivity contribution in [2.45, 2.75) is 51.3 Å². The molecule has 0 aromatic carbocycles. The van der Waals surface area contributed by atoms with E-state index in [2.05, 4.69) is 24.9 Å². The number of carbonyl (C=O) groups excluding carboxylic acids is 1. The number of thiol groups is 1. The van der Waals surface area contributed by atoms with Gasteiger partial charge < -0.3 is 5.32 Å². The van der Waals surface area contributed by atoms with Gasteiger partial charge in [-0.3, -0.25) is 4.79 Å². The van der Waals surface area contributed by atoms with E-state index in [1.165, 1.54) is 12.8 Å². The average Bonchev–Trinajstić information content (AvgIpc) is 2.00. The second-order valence-electron chi connectivity index (χ2n) is 3.23. The topological polar surface area (TPSA) is 29.1 Å². The number of amides is 1. The molecule has 0 bridgehead atoms. The van der Waals surface area contributed by atoms with Crippen LogP contribution in [0.2, 0.25) is 0 Å². The molecule has 0 rings (SSSR count). The number of nitrogens with one attached hydrogen (secondary N) is 1. The largest absolute Gasteiger partial charge is 0.353 e. The Balaban J connectivity index is 3.54. The monoisotopic (exact) mass is 189 g/mol. The van der Waals surface area contributed by atoms with Gasteiger partial charge >= 0.3 is 0 Å². The molecule has 12 heavy (non-hydrogen) atoms. The van der Waals surface area contributed by atoms with Crippen LogP contribution in [-0.2, 0) is 4.79 Å². The molecule has 0 aromatic rings. The van der Waals surface area contributed by atoms with Crippen LogP contribution in [0.15, 0.2) is 0 Å². The lowest BCUT2D eigenvalue weighted by Crippen LogP contribution is -2.36. The van der Waals surface area contributed by atoms with Gasteiger partial charge in [0.15, 0.2) is 0 Å². The highest BCUT2D eigenvalue weighted by molar-refractivity contribution is 7.81. The molecule has 0 aliphatic carbocycles. The molecule has 0 heterocycles. The van der Waals surface area contributed by atoms with Gasteiger partial charge in [-0.15, -0.1) is 0 Å². The molecule has 0 aliphatic heterocycles. The normalized spacial score (nSPS) is 15.3. The Bertz CT molecular complexity index is 136. The molecule has 1 N–H and O–H groups in total. The van der Waals surface area contributed by atoms with Crippen LogP contribution in [0, 0.1) is 0 Å².